The molecule has 0 aliphatic heterocycles. The van der Waals surface area contributed by atoms with Gasteiger partial charge in [0.25, 0.3) is 0 Å². The van der Waals surface area contributed by atoms with Crippen molar-refractivity contribution < 1.29 is 10.2 Å². The van der Waals surface area contributed by atoms with Crippen LogP contribution in [0.4, 0.5) is 0 Å². The van der Waals surface area contributed by atoms with Gasteiger partial charge in [0, 0.05) is 0 Å². The summed E-state index contributed by atoms with van der Waals surface area (Å²) in [6.45, 7) is 4.56. The van der Waals surface area contributed by atoms with E-state index in [2.05, 4.69) is 26.0 Å². The minimum Gasteiger partial charge on any atom is -0.508 e. The molecule has 0 bridgehead atoms. The van der Waals surface area contributed by atoms with Crippen molar-refractivity contribution >= 4 is 0 Å². The fourth-order valence-corrected chi connectivity index (χ4v) is 5.45. The van der Waals surface area contributed by atoms with Crippen LogP contribution in [0.2, 0.25) is 0 Å². The third kappa shape index (κ3) is 2.28. The second-order valence-electron chi connectivity index (χ2n) is 7.10. The van der Waals surface area contributed by atoms with E-state index in [4.69, 9.17) is 0 Å². The Morgan fingerprint density at radius 3 is 2.43 bits per heavy atom. The van der Waals surface area contributed by atoms with Crippen LogP contribution >= 0.6 is 0 Å². The number of aliphatic hydroxyl groups excluding tert-OH is 1. The Kier molecular flexibility index (Phi) is 4.00. The van der Waals surface area contributed by atoms with Gasteiger partial charge in [0.1, 0.15) is 5.75 Å². The summed E-state index contributed by atoms with van der Waals surface area (Å²) in [5.41, 5.74) is 1.54. The van der Waals surface area contributed by atoms with Crippen LogP contribution < -0.4 is 0 Å². The van der Waals surface area contributed by atoms with Gasteiger partial charge in [-0.2, -0.15) is 0 Å². The summed E-state index contributed by atoms with van der Waals surface area (Å²) in [7, 11) is 0. The second kappa shape index (κ2) is 5.64. The molecule has 0 radical (unpaired) electrons. The standard InChI is InChI=1S/C19H28O2/c1-3-15-16(13-5-7-14(20)8-6-13)11-12-19(4-2)17(15)9-10-18(19)21/h5-8,15-18,20-21H,3-4,9-12H2,1-2H3/t15-,16+,17-,18-,19-/m0/s1. The van der Waals surface area contributed by atoms with Crippen LogP contribution in [-0.4, -0.2) is 16.3 Å². The zero-order valence-corrected chi connectivity index (χ0v) is 13.3. The molecule has 21 heavy (non-hydrogen) atoms. The highest BCUT2D eigenvalue weighted by atomic mass is 16.3. The maximum atomic E-state index is 10.5. The Balaban J connectivity index is 1.91. The number of fused-ring (bicyclic) bond motifs is 1. The normalized spacial score (nSPS) is 39.2. The predicted octanol–water partition coefficient (Wildman–Crippen LogP) is 4.46. The molecule has 5 atom stereocenters. The van der Waals surface area contributed by atoms with Crippen molar-refractivity contribution in [3.05, 3.63) is 29.8 Å². The molecule has 2 N–H and O–H groups in total. The van der Waals surface area contributed by atoms with Crippen LogP contribution in [0.5, 0.6) is 5.75 Å². The average Bonchev–Trinajstić information content (AvgIpc) is 2.85. The molecule has 2 heteroatoms. The van der Waals surface area contributed by atoms with E-state index in [9.17, 15) is 10.2 Å². The maximum absolute atomic E-state index is 10.5. The van der Waals surface area contributed by atoms with Gasteiger partial charge in [-0.25, -0.2) is 0 Å². The molecule has 2 nitrogen and oxygen atoms in total. The molecule has 0 amide bonds. The Morgan fingerprint density at radius 2 is 1.81 bits per heavy atom. The molecule has 1 aromatic carbocycles. The summed E-state index contributed by atoms with van der Waals surface area (Å²) in [5.74, 6) is 2.27. The van der Waals surface area contributed by atoms with Crippen LogP contribution in [0.3, 0.4) is 0 Å². The summed E-state index contributed by atoms with van der Waals surface area (Å²) >= 11 is 0. The lowest BCUT2D eigenvalue weighted by Crippen LogP contribution is -2.44. The zero-order chi connectivity index (χ0) is 15.0. The van der Waals surface area contributed by atoms with Gasteiger partial charge in [-0.15, -0.1) is 0 Å². The molecule has 2 aliphatic carbocycles. The third-order valence-corrected chi connectivity index (χ3v) is 6.56. The van der Waals surface area contributed by atoms with E-state index in [1.165, 1.54) is 24.8 Å². The smallest absolute Gasteiger partial charge is 0.115 e. The number of rotatable bonds is 3. The van der Waals surface area contributed by atoms with E-state index in [0.29, 0.717) is 23.5 Å². The maximum Gasteiger partial charge on any atom is 0.115 e. The van der Waals surface area contributed by atoms with E-state index in [-0.39, 0.29) is 11.5 Å². The minimum atomic E-state index is -0.0951. The molecule has 2 saturated carbocycles. The summed E-state index contributed by atoms with van der Waals surface area (Å²) in [5, 5.41) is 20.1. The highest BCUT2D eigenvalue weighted by Crippen LogP contribution is 2.60. The number of aromatic hydroxyl groups is 1. The van der Waals surface area contributed by atoms with Crippen molar-refractivity contribution in [2.24, 2.45) is 17.3 Å². The highest BCUT2D eigenvalue weighted by Gasteiger charge is 2.54. The largest absolute Gasteiger partial charge is 0.508 e. The quantitative estimate of drug-likeness (QED) is 0.862. The van der Waals surface area contributed by atoms with Crippen LogP contribution in [0.1, 0.15) is 63.9 Å². The first-order chi connectivity index (χ1) is 10.1. The Hall–Kier alpha value is -1.02. The molecule has 116 valence electrons. The van der Waals surface area contributed by atoms with Crippen molar-refractivity contribution in [3.8, 4) is 5.75 Å². The van der Waals surface area contributed by atoms with Crippen molar-refractivity contribution in [1.29, 1.82) is 0 Å². The van der Waals surface area contributed by atoms with Crippen molar-refractivity contribution in [2.45, 2.75) is 64.4 Å². The highest BCUT2D eigenvalue weighted by molar-refractivity contribution is 5.30. The van der Waals surface area contributed by atoms with Gasteiger partial charge >= 0.3 is 0 Å². The van der Waals surface area contributed by atoms with Gasteiger partial charge < -0.3 is 10.2 Å². The van der Waals surface area contributed by atoms with E-state index in [1.807, 2.05) is 12.1 Å². The molecular formula is C19H28O2. The zero-order valence-electron chi connectivity index (χ0n) is 13.3. The lowest BCUT2D eigenvalue weighted by molar-refractivity contribution is -0.0365. The SMILES string of the molecule is CC[C@H]1[C@@H](c2ccc(O)cc2)CC[C@]2(CC)[C@@H](O)CC[C@@H]12. The number of phenols is 1. The second-order valence-corrected chi connectivity index (χ2v) is 7.10. The third-order valence-electron chi connectivity index (χ3n) is 6.56. The average molecular weight is 288 g/mol. The van der Waals surface area contributed by atoms with Gasteiger partial charge in [0.2, 0.25) is 0 Å². The van der Waals surface area contributed by atoms with E-state index >= 15 is 0 Å². The molecule has 0 saturated heterocycles. The van der Waals surface area contributed by atoms with Crippen molar-refractivity contribution in [1.82, 2.24) is 0 Å². The predicted molar refractivity (Wildman–Crippen MR) is 85.3 cm³/mol. The van der Waals surface area contributed by atoms with Gasteiger partial charge in [-0.1, -0.05) is 32.4 Å². The van der Waals surface area contributed by atoms with Crippen LogP contribution in [0, 0.1) is 17.3 Å². The molecule has 2 aliphatic rings. The molecule has 0 spiro atoms. The number of phenolic OH excluding ortho intramolecular Hbond substituents is 1. The number of hydrogen-bond acceptors (Lipinski definition) is 2. The van der Waals surface area contributed by atoms with Gasteiger partial charge in [0.05, 0.1) is 6.10 Å². The summed E-state index contributed by atoms with van der Waals surface area (Å²) in [6, 6.07) is 7.81. The van der Waals surface area contributed by atoms with E-state index in [1.54, 1.807) is 0 Å². The molecule has 0 heterocycles. The summed E-state index contributed by atoms with van der Waals surface area (Å²) in [6.07, 6.45) is 6.69. The fourth-order valence-electron chi connectivity index (χ4n) is 5.45. The number of benzene rings is 1. The minimum absolute atomic E-state index is 0.0951. The molecule has 0 unspecified atom stereocenters. The Morgan fingerprint density at radius 1 is 1.10 bits per heavy atom. The first kappa shape index (κ1) is 14.9. The Labute approximate surface area is 128 Å². The first-order valence-corrected chi connectivity index (χ1v) is 8.59. The lowest BCUT2D eigenvalue weighted by atomic mass is 9.56. The van der Waals surface area contributed by atoms with E-state index < -0.39 is 0 Å². The number of hydrogen-bond donors (Lipinski definition) is 2. The summed E-state index contributed by atoms with van der Waals surface area (Å²) < 4.78 is 0. The molecule has 2 fully saturated rings. The van der Waals surface area contributed by atoms with E-state index in [0.717, 1.165) is 19.3 Å². The molecule has 0 aromatic heterocycles. The monoisotopic (exact) mass is 288 g/mol. The Bertz CT molecular complexity index is 481. The van der Waals surface area contributed by atoms with Crippen molar-refractivity contribution in [2.75, 3.05) is 0 Å². The van der Waals surface area contributed by atoms with Gasteiger partial charge in [-0.05, 0) is 73.0 Å². The van der Waals surface area contributed by atoms with Gasteiger partial charge in [0.15, 0.2) is 0 Å². The van der Waals surface area contributed by atoms with Gasteiger partial charge in [-0.3, -0.25) is 0 Å². The summed E-state index contributed by atoms with van der Waals surface area (Å²) in [4.78, 5) is 0. The number of aliphatic hydroxyl groups is 1. The molecular weight excluding hydrogens is 260 g/mol. The van der Waals surface area contributed by atoms with Crippen LogP contribution in [-0.2, 0) is 0 Å². The lowest BCUT2D eigenvalue weighted by Gasteiger charge is -2.49. The first-order valence-electron chi connectivity index (χ1n) is 8.59. The van der Waals surface area contributed by atoms with Crippen LogP contribution in [0.15, 0.2) is 24.3 Å². The molecule has 1 aromatic rings. The fraction of sp³-hybridized carbons (Fsp3) is 0.684. The van der Waals surface area contributed by atoms with Crippen molar-refractivity contribution in [3.63, 3.8) is 0 Å². The molecule has 3 rings (SSSR count). The van der Waals surface area contributed by atoms with Crippen LogP contribution in [0.25, 0.3) is 0 Å². The topological polar surface area (TPSA) is 40.5 Å².